The zero-order valence-electron chi connectivity index (χ0n) is 19.6. The number of fused-ring (bicyclic) bond motifs is 1. The van der Waals surface area contributed by atoms with E-state index in [-0.39, 0.29) is 17.2 Å². The second kappa shape index (κ2) is 10.5. The van der Waals surface area contributed by atoms with E-state index in [9.17, 15) is 27.2 Å². The number of nitrogens with zero attached hydrogens (tertiary/aromatic N) is 1. The van der Waals surface area contributed by atoms with E-state index in [1.54, 1.807) is 43.3 Å². The van der Waals surface area contributed by atoms with E-state index in [0.29, 0.717) is 32.7 Å². The molecule has 1 N–H and O–H groups in total. The van der Waals surface area contributed by atoms with E-state index in [4.69, 9.17) is 21.3 Å². The summed E-state index contributed by atoms with van der Waals surface area (Å²) in [5, 5.41) is 11.8. The summed E-state index contributed by atoms with van der Waals surface area (Å²) in [5.41, 5.74) is -0.719. The first kappa shape index (κ1) is 26.6. The normalized spacial score (nSPS) is 11.6. The number of amides is 1. The van der Waals surface area contributed by atoms with Gasteiger partial charge in [-0.3, -0.25) is 4.79 Å². The molecule has 0 atom stereocenters. The molecule has 0 aliphatic rings. The highest BCUT2D eigenvalue weighted by atomic mass is 35.5. The van der Waals surface area contributed by atoms with Crippen LogP contribution in [0.2, 0.25) is 5.02 Å². The number of benzene rings is 3. The highest BCUT2D eigenvalue weighted by Crippen LogP contribution is 2.37. The highest BCUT2D eigenvalue weighted by Gasteiger charge is 2.34. The summed E-state index contributed by atoms with van der Waals surface area (Å²) in [5.74, 6) is -2.06. The molecule has 0 radical (unpaired) electrons. The Hall–Kier alpha value is -4.42. The Kier molecular flexibility index (Phi) is 7.37. The van der Waals surface area contributed by atoms with Gasteiger partial charge < -0.3 is 9.73 Å². The Morgan fingerprint density at radius 2 is 1.92 bits per heavy atom. The fourth-order valence-corrected chi connectivity index (χ4v) is 4.16. The molecular formula is C28H17ClF4N2O3. The molecule has 4 rings (SSSR count). The van der Waals surface area contributed by atoms with Crippen molar-refractivity contribution in [1.82, 2.24) is 0 Å². The molecule has 5 nitrogen and oxygen atoms in total. The summed E-state index contributed by atoms with van der Waals surface area (Å²) >= 11 is 6.21. The zero-order valence-corrected chi connectivity index (χ0v) is 20.4. The predicted molar refractivity (Wildman–Crippen MR) is 136 cm³/mol. The van der Waals surface area contributed by atoms with E-state index in [2.05, 4.69) is 5.32 Å². The number of halogens is 5. The summed E-state index contributed by atoms with van der Waals surface area (Å²) < 4.78 is 59.1. The van der Waals surface area contributed by atoms with Crippen molar-refractivity contribution in [2.24, 2.45) is 0 Å². The molecule has 0 aliphatic carbocycles. The van der Waals surface area contributed by atoms with E-state index < -0.39 is 41.2 Å². The molecule has 4 aromatic rings. The third-order valence-corrected chi connectivity index (χ3v) is 6.11. The van der Waals surface area contributed by atoms with Crippen molar-refractivity contribution < 1.29 is 26.8 Å². The van der Waals surface area contributed by atoms with Gasteiger partial charge >= 0.3 is 11.8 Å². The molecular weight excluding hydrogens is 524 g/mol. The van der Waals surface area contributed by atoms with E-state index in [0.717, 1.165) is 12.1 Å². The molecule has 0 saturated heterocycles. The molecule has 1 aromatic heterocycles. The van der Waals surface area contributed by atoms with E-state index in [1.165, 1.54) is 12.1 Å². The number of hydrogen-bond donors (Lipinski definition) is 1. The summed E-state index contributed by atoms with van der Waals surface area (Å²) in [6.07, 6.45) is -2.73. The maximum Gasteiger partial charge on any atom is 0.418 e. The number of nitrogens with one attached hydrogen (secondary N) is 1. The van der Waals surface area contributed by atoms with Gasteiger partial charge in [-0.2, -0.15) is 18.4 Å². The van der Waals surface area contributed by atoms with Crippen LogP contribution in [0.15, 0.2) is 69.9 Å². The predicted octanol–water partition coefficient (Wildman–Crippen LogP) is 7.30. The van der Waals surface area contributed by atoms with Gasteiger partial charge in [-0.15, -0.1) is 0 Å². The van der Waals surface area contributed by atoms with Gasteiger partial charge in [-0.25, -0.2) is 9.18 Å². The zero-order chi connectivity index (χ0) is 27.6. The Morgan fingerprint density at radius 3 is 2.63 bits per heavy atom. The van der Waals surface area contributed by atoms with Gasteiger partial charge in [0, 0.05) is 28.1 Å². The van der Waals surface area contributed by atoms with Crippen LogP contribution in [0.1, 0.15) is 22.3 Å². The van der Waals surface area contributed by atoms with E-state index >= 15 is 0 Å². The summed E-state index contributed by atoms with van der Waals surface area (Å²) in [4.78, 5) is 26.0. The average molecular weight is 541 g/mol. The number of aryl methyl sites for hydroxylation is 1. The summed E-state index contributed by atoms with van der Waals surface area (Å²) in [6, 6.07) is 13.7. The molecule has 192 valence electrons. The largest absolute Gasteiger partial charge is 0.422 e. The first-order valence-electron chi connectivity index (χ1n) is 11.1. The van der Waals surface area contributed by atoms with Crippen molar-refractivity contribution in [3.8, 4) is 17.2 Å². The Morgan fingerprint density at radius 1 is 1.16 bits per heavy atom. The molecule has 3 aromatic carbocycles. The molecule has 0 aliphatic heterocycles. The smallest absolute Gasteiger partial charge is 0.418 e. The molecule has 0 fully saturated rings. The number of alkyl halides is 3. The molecule has 0 spiro atoms. The number of carbonyl (C=O) groups is 1. The molecule has 10 heteroatoms. The highest BCUT2D eigenvalue weighted by molar-refractivity contribution is 6.32. The molecule has 0 bridgehead atoms. The number of nitriles is 1. The minimum atomic E-state index is -4.92. The van der Waals surface area contributed by atoms with Gasteiger partial charge in [0.05, 0.1) is 29.3 Å². The van der Waals surface area contributed by atoms with Crippen LogP contribution in [0, 0.1) is 24.1 Å². The van der Waals surface area contributed by atoms with Crippen molar-refractivity contribution >= 4 is 40.2 Å². The van der Waals surface area contributed by atoms with Crippen molar-refractivity contribution in [3.63, 3.8) is 0 Å². The number of hydrogen-bond acceptors (Lipinski definition) is 4. The molecule has 38 heavy (non-hydrogen) atoms. The second-order valence-electron chi connectivity index (χ2n) is 8.34. The lowest BCUT2D eigenvalue weighted by Crippen LogP contribution is -2.22. The van der Waals surface area contributed by atoms with Gasteiger partial charge in [0.25, 0.3) is 0 Å². The molecule has 0 unspecified atom stereocenters. The lowest BCUT2D eigenvalue weighted by molar-refractivity contribution is -0.137. The van der Waals surface area contributed by atoms with Crippen LogP contribution >= 0.6 is 11.6 Å². The van der Waals surface area contributed by atoms with Gasteiger partial charge in [-0.05, 0) is 60.0 Å². The third kappa shape index (κ3) is 5.61. The van der Waals surface area contributed by atoms with Gasteiger partial charge in [0.1, 0.15) is 11.4 Å². The Balaban J connectivity index is 1.86. The van der Waals surface area contributed by atoms with Crippen molar-refractivity contribution in [3.05, 3.63) is 104 Å². The number of anilines is 1. The fraction of sp³-hybridized carbons (Fsp3) is 0.107. The lowest BCUT2D eigenvalue weighted by Gasteiger charge is -2.16. The monoisotopic (exact) mass is 540 g/mol. The first-order chi connectivity index (χ1) is 18.0. The molecule has 1 amide bonds. The van der Waals surface area contributed by atoms with Gasteiger partial charge in [0.15, 0.2) is 0 Å². The SMILES string of the molecule is Cc1cc2c(-c3cccc(/C=C/C#N)c3)c(CC(=O)Nc3ccc(F)cc3C(F)(F)F)c(=O)oc2cc1Cl. The standard InChI is InChI=1S/C28H17ClF4N2O3/c1-15-10-19-24(14-22(15)29)38-27(37)20(26(19)17-6-2-4-16(11-17)5-3-9-34)13-25(36)35-23-8-7-18(30)12-21(23)28(31,32)33/h2-8,10-12,14H,13H2,1H3,(H,35,36)/b5-3+. The first-order valence-corrected chi connectivity index (χ1v) is 11.4. The minimum absolute atomic E-state index is 0.103. The summed E-state index contributed by atoms with van der Waals surface area (Å²) in [7, 11) is 0. The second-order valence-corrected chi connectivity index (χ2v) is 8.75. The summed E-state index contributed by atoms with van der Waals surface area (Å²) in [6.45, 7) is 1.74. The maximum absolute atomic E-state index is 13.5. The van der Waals surface area contributed by atoms with Crippen LogP contribution in [0.3, 0.4) is 0 Å². The number of rotatable bonds is 5. The Labute approximate surface area is 218 Å². The number of carbonyl (C=O) groups excluding carboxylic acids is 1. The van der Waals surface area contributed by atoms with Crippen molar-refractivity contribution in [2.75, 3.05) is 5.32 Å². The number of allylic oxidation sites excluding steroid dienone is 1. The molecule has 1 heterocycles. The Bertz CT molecular complexity index is 1700. The van der Waals surface area contributed by atoms with Crippen molar-refractivity contribution in [1.29, 1.82) is 5.26 Å². The third-order valence-electron chi connectivity index (χ3n) is 5.71. The quantitative estimate of drug-likeness (QED) is 0.164. The van der Waals surface area contributed by atoms with E-state index in [1.807, 2.05) is 6.07 Å². The van der Waals surface area contributed by atoms with Gasteiger partial charge in [-0.1, -0.05) is 29.8 Å². The maximum atomic E-state index is 13.5. The van der Waals surface area contributed by atoms with Crippen molar-refractivity contribution in [2.45, 2.75) is 19.5 Å². The van der Waals surface area contributed by atoms with Gasteiger partial charge in [0.2, 0.25) is 5.91 Å². The van der Waals surface area contributed by atoms with Crippen LogP contribution in [-0.2, 0) is 17.4 Å². The molecule has 0 saturated carbocycles. The van der Waals surface area contributed by atoms with Crippen LogP contribution in [0.25, 0.3) is 28.2 Å². The topological polar surface area (TPSA) is 83.1 Å². The lowest BCUT2D eigenvalue weighted by atomic mass is 9.93. The fourth-order valence-electron chi connectivity index (χ4n) is 4.01. The van der Waals surface area contributed by atoms with Crippen LogP contribution in [-0.4, -0.2) is 5.91 Å². The average Bonchev–Trinajstić information content (AvgIpc) is 2.85. The van der Waals surface area contributed by atoms with Crippen LogP contribution in [0.4, 0.5) is 23.2 Å². The minimum Gasteiger partial charge on any atom is -0.422 e. The van der Waals surface area contributed by atoms with Crippen LogP contribution in [0.5, 0.6) is 0 Å². The van der Waals surface area contributed by atoms with Crippen LogP contribution < -0.4 is 10.9 Å².